The average Bonchev–Trinajstić information content (AvgIpc) is 3.29. The van der Waals surface area contributed by atoms with Crippen LogP contribution in [0.2, 0.25) is 0 Å². The van der Waals surface area contributed by atoms with E-state index in [9.17, 15) is 4.79 Å². The van der Waals surface area contributed by atoms with Gasteiger partial charge in [0, 0.05) is 44.6 Å². The van der Waals surface area contributed by atoms with Crippen molar-refractivity contribution in [1.82, 2.24) is 25.3 Å². The molecular weight excluding hydrogens is 430 g/mol. The van der Waals surface area contributed by atoms with Crippen molar-refractivity contribution in [3.05, 3.63) is 41.9 Å². The van der Waals surface area contributed by atoms with Gasteiger partial charge in [0.1, 0.15) is 11.2 Å². The molecule has 5 heterocycles. The van der Waals surface area contributed by atoms with Crippen LogP contribution in [0.4, 0.5) is 11.8 Å². The highest BCUT2D eigenvalue weighted by Gasteiger charge is 2.25. The van der Waals surface area contributed by atoms with Crippen molar-refractivity contribution in [2.24, 2.45) is 0 Å². The number of nitrogens with one attached hydrogen (secondary N) is 2. The molecule has 0 spiro atoms. The highest BCUT2D eigenvalue weighted by Crippen LogP contribution is 2.27. The zero-order valence-electron chi connectivity index (χ0n) is 20.2. The number of amides is 1. The van der Waals surface area contributed by atoms with Gasteiger partial charge in [0.2, 0.25) is 5.95 Å². The van der Waals surface area contributed by atoms with Gasteiger partial charge in [-0.05, 0) is 36.0 Å². The van der Waals surface area contributed by atoms with Crippen molar-refractivity contribution in [2.45, 2.75) is 45.1 Å². The molecule has 1 amide bonds. The van der Waals surface area contributed by atoms with Crippen molar-refractivity contribution in [2.75, 3.05) is 49.2 Å². The third kappa shape index (κ3) is 4.70. The quantitative estimate of drug-likeness (QED) is 0.614. The number of morpholine rings is 1. The van der Waals surface area contributed by atoms with Crippen LogP contribution in [0.25, 0.3) is 11.0 Å². The largest absolute Gasteiger partial charge is 0.378 e. The van der Waals surface area contributed by atoms with Crippen LogP contribution in [0.5, 0.6) is 0 Å². The van der Waals surface area contributed by atoms with Gasteiger partial charge < -0.3 is 24.8 Å². The van der Waals surface area contributed by atoms with E-state index in [4.69, 9.17) is 9.72 Å². The van der Waals surface area contributed by atoms with Crippen molar-refractivity contribution in [3.8, 4) is 0 Å². The summed E-state index contributed by atoms with van der Waals surface area (Å²) in [6.07, 6.45) is 5.35. The van der Waals surface area contributed by atoms with E-state index >= 15 is 0 Å². The highest BCUT2D eigenvalue weighted by molar-refractivity contribution is 5.92. The van der Waals surface area contributed by atoms with Crippen LogP contribution in [0.3, 0.4) is 0 Å². The molecule has 3 aromatic heterocycles. The summed E-state index contributed by atoms with van der Waals surface area (Å²) >= 11 is 0. The minimum Gasteiger partial charge on any atom is -0.378 e. The second-order valence-corrected chi connectivity index (χ2v) is 10.1. The van der Waals surface area contributed by atoms with Gasteiger partial charge in [-0.2, -0.15) is 0 Å². The number of H-pyrrole nitrogens is 1. The number of carbonyl (C=O) groups is 1. The SMILES string of the molecule is CC(C)(C)c1ccc(C(=O)NC2CCN(c3nc4c(N5CCOCC5)nccc4[nH]3)CC2)nc1. The minimum atomic E-state index is -0.108. The summed E-state index contributed by atoms with van der Waals surface area (Å²) in [6.45, 7) is 11.1. The van der Waals surface area contributed by atoms with E-state index in [2.05, 4.69) is 50.8 Å². The zero-order chi connectivity index (χ0) is 23.7. The van der Waals surface area contributed by atoms with Gasteiger partial charge in [0.25, 0.3) is 5.91 Å². The fourth-order valence-corrected chi connectivity index (χ4v) is 4.53. The van der Waals surface area contributed by atoms with Crippen molar-refractivity contribution >= 4 is 28.7 Å². The number of nitrogens with zero attached hydrogens (tertiary/aromatic N) is 5. The Hall–Kier alpha value is -3.20. The smallest absolute Gasteiger partial charge is 0.270 e. The Kier molecular flexibility index (Phi) is 6.12. The van der Waals surface area contributed by atoms with Crippen LogP contribution in [-0.2, 0) is 10.2 Å². The number of pyridine rings is 2. The maximum atomic E-state index is 12.7. The monoisotopic (exact) mass is 463 g/mol. The zero-order valence-corrected chi connectivity index (χ0v) is 20.2. The van der Waals surface area contributed by atoms with Gasteiger partial charge in [-0.1, -0.05) is 26.8 Å². The Labute approximate surface area is 199 Å². The molecule has 3 aromatic rings. The normalized spacial score (nSPS) is 17.9. The molecular formula is C25H33N7O2. The van der Waals surface area contributed by atoms with Crippen LogP contribution in [0.1, 0.15) is 49.7 Å². The molecule has 0 bridgehead atoms. The number of carbonyl (C=O) groups excluding carboxylic acids is 1. The first-order valence-corrected chi connectivity index (χ1v) is 12.1. The Morgan fingerprint density at radius 3 is 2.50 bits per heavy atom. The summed E-state index contributed by atoms with van der Waals surface area (Å²) in [6, 6.07) is 5.91. The predicted molar refractivity (Wildman–Crippen MR) is 133 cm³/mol. The summed E-state index contributed by atoms with van der Waals surface area (Å²) < 4.78 is 5.48. The van der Waals surface area contributed by atoms with Crippen LogP contribution in [0, 0.1) is 0 Å². The molecule has 5 rings (SSSR count). The average molecular weight is 464 g/mol. The van der Waals surface area contributed by atoms with E-state index in [1.54, 1.807) is 6.20 Å². The number of anilines is 2. The third-order valence-electron chi connectivity index (χ3n) is 6.67. The fraction of sp³-hybridized carbons (Fsp3) is 0.520. The number of hydrogen-bond donors (Lipinski definition) is 2. The molecule has 2 aliphatic heterocycles. The Morgan fingerprint density at radius 2 is 1.82 bits per heavy atom. The molecule has 0 aromatic carbocycles. The topological polar surface area (TPSA) is 99.3 Å². The molecule has 34 heavy (non-hydrogen) atoms. The molecule has 0 atom stereocenters. The molecule has 180 valence electrons. The third-order valence-corrected chi connectivity index (χ3v) is 6.67. The van der Waals surface area contributed by atoms with E-state index in [0.29, 0.717) is 18.9 Å². The molecule has 2 N–H and O–H groups in total. The number of aromatic amines is 1. The molecule has 9 nitrogen and oxygen atoms in total. The summed E-state index contributed by atoms with van der Waals surface area (Å²) in [5.41, 5.74) is 3.50. The van der Waals surface area contributed by atoms with Gasteiger partial charge in [-0.3, -0.25) is 9.78 Å². The van der Waals surface area contributed by atoms with Crippen LogP contribution < -0.4 is 15.1 Å². The van der Waals surface area contributed by atoms with Gasteiger partial charge >= 0.3 is 0 Å². The standard InChI is InChI=1S/C25H33N7O2/c1-25(2,3)17-4-5-20(27-16-17)23(33)28-18-7-10-32(11-8-18)24-29-19-6-9-26-22(21(19)30-24)31-12-14-34-15-13-31/h4-6,9,16,18H,7-8,10-15H2,1-3H3,(H,28,33)(H,29,30). The van der Waals surface area contributed by atoms with E-state index in [-0.39, 0.29) is 17.4 Å². The fourth-order valence-electron chi connectivity index (χ4n) is 4.53. The lowest BCUT2D eigenvalue weighted by molar-refractivity contribution is 0.0926. The number of piperidine rings is 1. The number of fused-ring (bicyclic) bond motifs is 1. The Bertz CT molecular complexity index is 1140. The summed E-state index contributed by atoms with van der Waals surface area (Å²) in [5.74, 6) is 1.67. The summed E-state index contributed by atoms with van der Waals surface area (Å²) in [4.78, 5) is 34.5. The molecule has 0 aliphatic carbocycles. The van der Waals surface area contributed by atoms with E-state index in [0.717, 1.165) is 67.4 Å². The molecule has 0 radical (unpaired) electrons. The van der Waals surface area contributed by atoms with E-state index < -0.39 is 0 Å². The summed E-state index contributed by atoms with van der Waals surface area (Å²) in [7, 11) is 0. The lowest BCUT2D eigenvalue weighted by Crippen LogP contribution is -2.45. The van der Waals surface area contributed by atoms with E-state index in [1.807, 2.05) is 24.4 Å². The molecule has 2 fully saturated rings. The van der Waals surface area contributed by atoms with Gasteiger partial charge in [0.15, 0.2) is 5.82 Å². The maximum absolute atomic E-state index is 12.7. The van der Waals surface area contributed by atoms with Gasteiger partial charge in [0.05, 0.1) is 18.7 Å². The first-order chi connectivity index (χ1) is 16.4. The molecule has 2 saturated heterocycles. The van der Waals surface area contributed by atoms with Gasteiger partial charge in [-0.15, -0.1) is 0 Å². The Morgan fingerprint density at radius 1 is 1.06 bits per heavy atom. The first-order valence-electron chi connectivity index (χ1n) is 12.1. The maximum Gasteiger partial charge on any atom is 0.270 e. The Balaban J connectivity index is 1.21. The van der Waals surface area contributed by atoms with Gasteiger partial charge in [-0.25, -0.2) is 9.97 Å². The highest BCUT2D eigenvalue weighted by atomic mass is 16.5. The second kappa shape index (κ2) is 9.21. The minimum absolute atomic E-state index is 0.0184. The summed E-state index contributed by atoms with van der Waals surface area (Å²) in [5, 5.41) is 3.16. The van der Waals surface area contributed by atoms with Crippen LogP contribution >= 0.6 is 0 Å². The number of imidazole rings is 1. The number of hydrogen-bond acceptors (Lipinski definition) is 7. The lowest BCUT2D eigenvalue weighted by Gasteiger charge is -2.32. The predicted octanol–water partition coefficient (Wildman–Crippen LogP) is 2.89. The molecule has 9 heteroatoms. The first kappa shape index (κ1) is 22.6. The molecule has 2 aliphatic rings. The van der Waals surface area contributed by atoms with Crippen molar-refractivity contribution in [3.63, 3.8) is 0 Å². The number of ether oxygens (including phenoxy) is 1. The lowest BCUT2D eigenvalue weighted by atomic mass is 9.88. The molecule has 0 saturated carbocycles. The van der Waals surface area contributed by atoms with Crippen LogP contribution in [-0.4, -0.2) is 71.3 Å². The van der Waals surface area contributed by atoms with Crippen molar-refractivity contribution < 1.29 is 9.53 Å². The molecule has 0 unspecified atom stereocenters. The van der Waals surface area contributed by atoms with Crippen molar-refractivity contribution in [1.29, 1.82) is 0 Å². The number of aromatic nitrogens is 4. The van der Waals surface area contributed by atoms with Crippen LogP contribution in [0.15, 0.2) is 30.6 Å². The number of rotatable bonds is 4. The van der Waals surface area contributed by atoms with E-state index in [1.165, 1.54) is 0 Å². The second-order valence-electron chi connectivity index (χ2n) is 10.1.